The Hall–Kier alpha value is -3.57. The number of carbonyl (C=O) groups is 2. The number of amidine groups is 3. The molecule has 0 bridgehead atoms. The van der Waals surface area contributed by atoms with E-state index in [1.54, 1.807) is 36.4 Å². The van der Waals surface area contributed by atoms with Crippen LogP contribution in [0.4, 0.5) is 0 Å². The third-order valence-corrected chi connectivity index (χ3v) is 7.90. The van der Waals surface area contributed by atoms with Gasteiger partial charge in [0.2, 0.25) is 20.2 Å². The largest absolute Gasteiger partial charge is 0.423 e. The van der Waals surface area contributed by atoms with Gasteiger partial charge in [-0.3, -0.25) is 10.2 Å². The summed E-state index contributed by atoms with van der Waals surface area (Å²) in [5.74, 6) is -1.18. The lowest BCUT2D eigenvalue weighted by Gasteiger charge is -2.25. The number of nitrogens with zero attached hydrogens (tertiary/aromatic N) is 3. The first-order chi connectivity index (χ1) is 16.1. The molecule has 2 aliphatic heterocycles. The van der Waals surface area contributed by atoms with Crippen molar-refractivity contribution in [2.75, 3.05) is 0 Å². The predicted octanol–water partition coefficient (Wildman–Crippen LogP) is 3.61. The van der Waals surface area contributed by atoms with Crippen LogP contribution >= 0.6 is 11.9 Å². The van der Waals surface area contributed by atoms with Gasteiger partial charge < -0.3 is 4.74 Å². The van der Waals surface area contributed by atoms with Gasteiger partial charge in [-0.2, -0.15) is 9.39 Å². The number of esters is 1. The lowest BCUT2D eigenvalue weighted by atomic mass is 10.1. The molecule has 0 fully saturated rings. The summed E-state index contributed by atoms with van der Waals surface area (Å²) in [6, 6.07) is 13.3. The third-order valence-electron chi connectivity index (χ3n) is 5.06. The topological polar surface area (TPSA) is 129 Å². The maximum atomic E-state index is 12.6. The number of sulfone groups is 1. The number of nitrogens with one attached hydrogen (secondary N) is 1. The SMILES string of the molecule is Cc1ccc(C(=O)Oc2ccc(/C=C3/C(=N)N4C(=NC3=O)SN=C4S(=O)(=O)C(C)C)cc2)cc1. The summed E-state index contributed by atoms with van der Waals surface area (Å²) in [6.45, 7) is 4.95. The van der Waals surface area contributed by atoms with E-state index >= 15 is 0 Å². The molecule has 2 aromatic rings. The summed E-state index contributed by atoms with van der Waals surface area (Å²) >= 11 is 0.748. The van der Waals surface area contributed by atoms with Gasteiger partial charge in [-0.1, -0.05) is 29.8 Å². The Morgan fingerprint density at radius 2 is 1.76 bits per heavy atom. The van der Waals surface area contributed by atoms with E-state index in [-0.39, 0.29) is 21.7 Å². The number of aryl methyl sites for hydroxylation is 1. The van der Waals surface area contributed by atoms with Crippen LogP contribution in [-0.4, -0.2) is 46.6 Å². The van der Waals surface area contributed by atoms with Crippen molar-refractivity contribution in [2.24, 2.45) is 9.39 Å². The summed E-state index contributed by atoms with van der Waals surface area (Å²) in [7, 11) is -3.79. The van der Waals surface area contributed by atoms with Crippen LogP contribution in [0.15, 0.2) is 63.5 Å². The molecule has 2 heterocycles. The molecule has 0 unspecified atom stereocenters. The molecule has 0 aliphatic carbocycles. The van der Waals surface area contributed by atoms with Crippen LogP contribution in [0.2, 0.25) is 0 Å². The average molecular weight is 497 g/mol. The van der Waals surface area contributed by atoms with E-state index in [1.807, 2.05) is 19.1 Å². The van der Waals surface area contributed by atoms with E-state index in [1.165, 1.54) is 19.9 Å². The third kappa shape index (κ3) is 4.44. The Morgan fingerprint density at radius 3 is 2.38 bits per heavy atom. The molecule has 2 aromatic carbocycles. The molecule has 9 nitrogen and oxygen atoms in total. The molecule has 0 saturated heterocycles. The minimum Gasteiger partial charge on any atom is -0.423 e. The van der Waals surface area contributed by atoms with Gasteiger partial charge in [-0.25, -0.2) is 18.1 Å². The lowest BCUT2D eigenvalue weighted by Crippen LogP contribution is -2.46. The summed E-state index contributed by atoms with van der Waals surface area (Å²) < 4.78 is 34.6. The predicted molar refractivity (Wildman–Crippen MR) is 132 cm³/mol. The molecule has 11 heteroatoms. The normalized spacial score (nSPS) is 17.1. The van der Waals surface area contributed by atoms with Crippen LogP contribution in [0.5, 0.6) is 5.75 Å². The van der Waals surface area contributed by atoms with Crippen molar-refractivity contribution in [2.45, 2.75) is 26.0 Å². The fourth-order valence-electron chi connectivity index (χ4n) is 3.05. The van der Waals surface area contributed by atoms with Gasteiger partial charge in [-0.15, -0.1) is 0 Å². The number of amides is 1. The zero-order valence-corrected chi connectivity index (χ0v) is 20.1. The Labute approximate surface area is 200 Å². The molecule has 34 heavy (non-hydrogen) atoms. The van der Waals surface area contributed by atoms with Crippen LogP contribution in [0.1, 0.15) is 35.3 Å². The van der Waals surface area contributed by atoms with Crippen molar-refractivity contribution < 1.29 is 22.7 Å². The second-order valence-corrected chi connectivity index (χ2v) is 11.0. The first-order valence-corrected chi connectivity index (χ1v) is 12.5. The highest BCUT2D eigenvalue weighted by atomic mass is 32.2. The van der Waals surface area contributed by atoms with Gasteiger partial charge in [0.25, 0.3) is 5.91 Å². The molecule has 0 aromatic heterocycles. The second kappa shape index (κ2) is 8.99. The van der Waals surface area contributed by atoms with E-state index in [0.29, 0.717) is 16.9 Å². The minimum absolute atomic E-state index is 0.0322. The molecule has 4 rings (SSSR count). The summed E-state index contributed by atoms with van der Waals surface area (Å²) in [4.78, 5) is 29.8. The number of fused-ring (bicyclic) bond motifs is 1. The van der Waals surface area contributed by atoms with Crippen molar-refractivity contribution in [3.05, 3.63) is 70.8 Å². The van der Waals surface area contributed by atoms with Crippen molar-refractivity contribution in [3.63, 3.8) is 0 Å². The van der Waals surface area contributed by atoms with Gasteiger partial charge in [0.05, 0.1) is 28.3 Å². The molecule has 0 atom stereocenters. The number of benzene rings is 2. The summed E-state index contributed by atoms with van der Waals surface area (Å²) in [5, 5.41) is 7.45. The second-order valence-electron chi connectivity index (χ2n) is 7.83. The Balaban J connectivity index is 1.55. The minimum atomic E-state index is -3.79. The van der Waals surface area contributed by atoms with Gasteiger partial charge in [0, 0.05) is 0 Å². The van der Waals surface area contributed by atoms with Crippen LogP contribution in [0.25, 0.3) is 6.08 Å². The molecule has 0 saturated carbocycles. The van der Waals surface area contributed by atoms with Crippen molar-refractivity contribution in [3.8, 4) is 5.75 Å². The Morgan fingerprint density at radius 1 is 1.12 bits per heavy atom. The Bertz CT molecular complexity index is 1390. The summed E-state index contributed by atoms with van der Waals surface area (Å²) in [5.41, 5.74) is 1.91. The molecule has 1 N–H and O–H groups in total. The number of carbonyl (C=O) groups excluding carboxylic acids is 2. The van der Waals surface area contributed by atoms with E-state index in [9.17, 15) is 18.0 Å². The standard InChI is InChI=1S/C23H20N4O5S2/c1-13(2)34(30,31)23-26-33-22-25-20(28)18(19(24)27(22)23)12-15-6-10-17(11-7-15)32-21(29)16-8-4-14(3)5-9-16/h4-13,24H,1-3H3/b18-12-,24-19?. The molecular formula is C23H20N4O5S2. The molecular weight excluding hydrogens is 476 g/mol. The maximum Gasteiger partial charge on any atom is 0.343 e. The number of rotatable bonds is 4. The van der Waals surface area contributed by atoms with Gasteiger partial charge in [0.1, 0.15) is 11.6 Å². The number of aliphatic imine (C=N–C) groups is 1. The fourth-order valence-corrected chi connectivity index (χ4v) is 5.11. The average Bonchev–Trinajstić information content (AvgIpc) is 3.22. The van der Waals surface area contributed by atoms with Crippen molar-refractivity contribution >= 4 is 55.9 Å². The smallest absolute Gasteiger partial charge is 0.343 e. The number of ether oxygens (including phenoxy) is 1. The highest BCUT2D eigenvalue weighted by Crippen LogP contribution is 2.31. The fraction of sp³-hybridized carbons (Fsp3) is 0.174. The first-order valence-electron chi connectivity index (χ1n) is 10.2. The van der Waals surface area contributed by atoms with E-state index < -0.39 is 27.0 Å². The van der Waals surface area contributed by atoms with E-state index in [2.05, 4.69) is 9.39 Å². The number of hydrogen-bond donors (Lipinski definition) is 1. The van der Waals surface area contributed by atoms with Crippen LogP contribution in [0, 0.1) is 12.3 Å². The van der Waals surface area contributed by atoms with Gasteiger partial charge in [-0.05, 0) is 56.7 Å². The van der Waals surface area contributed by atoms with Crippen molar-refractivity contribution in [1.29, 1.82) is 5.41 Å². The molecule has 174 valence electrons. The number of hydrogen-bond acceptors (Lipinski definition) is 8. The van der Waals surface area contributed by atoms with Crippen LogP contribution in [-0.2, 0) is 14.6 Å². The molecule has 2 aliphatic rings. The van der Waals surface area contributed by atoms with E-state index in [4.69, 9.17) is 10.1 Å². The Kier molecular flexibility index (Phi) is 6.24. The monoisotopic (exact) mass is 496 g/mol. The molecule has 0 spiro atoms. The van der Waals surface area contributed by atoms with Crippen LogP contribution in [0.3, 0.4) is 0 Å². The van der Waals surface area contributed by atoms with Gasteiger partial charge >= 0.3 is 5.97 Å². The summed E-state index contributed by atoms with van der Waals surface area (Å²) in [6.07, 6.45) is 1.43. The van der Waals surface area contributed by atoms with E-state index in [0.717, 1.165) is 22.4 Å². The molecule has 0 radical (unpaired) electrons. The van der Waals surface area contributed by atoms with Crippen molar-refractivity contribution in [1.82, 2.24) is 4.90 Å². The van der Waals surface area contributed by atoms with Crippen LogP contribution < -0.4 is 4.74 Å². The van der Waals surface area contributed by atoms with Gasteiger partial charge in [0.15, 0.2) is 0 Å². The zero-order chi connectivity index (χ0) is 24.6. The highest BCUT2D eigenvalue weighted by molar-refractivity contribution is 8.16. The molecule has 1 amide bonds. The quantitative estimate of drug-likeness (QED) is 0.296. The highest BCUT2D eigenvalue weighted by Gasteiger charge is 2.43. The maximum absolute atomic E-state index is 12.6. The first kappa shape index (κ1) is 23.6. The lowest BCUT2D eigenvalue weighted by molar-refractivity contribution is -0.114. The zero-order valence-electron chi connectivity index (χ0n) is 18.5.